The number of amides is 3. The van der Waals surface area contributed by atoms with Gasteiger partial charge in [-0.2, -0.15) is 0 Å². The smallest absolute Gasteiger partial charge is 0.297 e. The van der Waals surface area contributed by atoms with Gasteiger partial charge < -0.3 is 0 Å². The minimum Gasteiger partial charge on any atom is -0.297 e. The SMILES string of the molecule is CC.CN(C(=O)N(C(=O)C=O)c1cccc(Cl)c1)c1cccc(Cl)c1. The number of nitrogens with zero attached hydrogens (tertiary/aromatic N) is 2. The van der Waals surface area contributed by atoms with Gasteiger partial charge in [-0.15, -0.1) is 0 Å². The molecular weight excluding hydrogens is 363 g/mol. The van der Waals surface area contributed by atoms with Crippen LogP contribution in [-0.4, -0.2) is 25.3 Å². The molecule has 0 N–H and O–H groups in total. The van der Waals surface area contributed by atoms with Crippen LogP contribution in [-0.2, 0) is 9.59 Å². The summed E-state index contributed by atoms with van der Waals surface area (Å²) in [6, 6.07) is 12.0. The molecule has 0 unspecified atom stereocenters. The summed E-state index contributed by atoms with van der Waals surface area (Å²) in [6.07, 6.45) is 0.0740. The molecule has 132 valence electrons. The van der Waals surface area contributed by atoms with Crippen molar-refractivity contribution in [2.24, 2.45) is 0 Å². The number of hydrogen-bond donors (Lipinski definition) is 0. The molecule has 3 amide bonds. The van der Waals surface area contributed by atoms with Crippen LogP contribution in [0, 0.1) is 0 Å². The number of aldehydes is 1. The Hall–Kier alpha value is -2.37. The molecule has 2 rings (SSSR count). The Morgan fingerprint density at radius 1 is 0.920 bits per heavy atom. The van der Waals surface area contributed by atoms with Gasteiger partial charge in [0, 0.05) is 22.8 Å². The van der Waals surface area contributed by atoms with Crippen molar-refractivity contribution in [1.82, 2.24) is 0 Å². The van der Waals surface area contributed by atoms with Gasteiger partial charge in [0.15, 0.2) is 0 Å². The summed E-state index contributed by atoms with van der Waals surface area (Å²) in [5.41, 5.74) is 0.682. The number of carbonyl (C=O) groups is 3. The fourth-order valence-corrected chi connectivity index (χ4v) is 2.31. The predicted octanol–water partition coefficient (Wildman–Crippen LogP) is 4.81. The van der Waals surface area contributed by atoms with E-state index >= 15 is 0 Å². The van der Waals surface area contributed by atoms with Crippen molar-refractivity contribution in [1.29, 1.82) is 0 Å². The Morgan fingerprint density at radius 3 is 1.88 bits per heavy atom. The molecule has 0 fully saturated rings. The van der Waals surface area contributed by atoms with Crippen LogP contribution in [0.1, 0.15) is 13.8 Å². The lowest BCUT2D eigenvalue weighted by Gasteiger charge is -2.25. The summed E-state index contributed by atoms with van der Waals surface area (Å²) in [5, 5.41) is 0.780. The van der Waals surface area contributed by atoms with Crippen molar-refractivity contribution in [2.75, 3.05) is 16.8 Å². The predicted molar refractivity (Wildman–Crippen MR) is 102 cm³/mol. The Labute approximate surface area is 156 Å². The first kappa shape index (κ1) is 20.7. The average Bonchev–Trinajstić information content (AvgIpc) is 2.62. The van der Waals surface area contributed by atoms with Gasteiger partial charge in [0.1, 0.15) is 0 Å². The van der Waals surface area contributed by atoms with Crippen molar-refractivity contribution >= 4 is 52.8 Å². The van der Waals surface area contributed by atoms with E-state index in [0.717, 1.165) is 4.90 Å². The van der Waals surface area contributed by atoms with E-state index < -0.39 is 11.9 Å². The molecule has 0 heterocycles. The number of hydrogen-bond acceptors (Lipinski definition) is 3. The second kappa shape index (κ2) is 9.81. The summed E-state index contributed by atoms with van der Waals surface area (Å²) in [4.78, 5) is 37.4. The first-order valence-electron chi connectivity index (χ1n) is 7.52. The normalized spacial score (nSPS) is 9.48. The van der Waals surface area contributed by atoms with Crippen LogP contribution >= 0.6 is 23.2 Å². The number of halogens is 2. The monoisotopic (exact) mass is 380 g/mol. The fourth-order valence-electron chi connectivity index (χ4n) is 1.95. The zero-order valence-electron chi connectivity index (χ0n) is 14.1. The van der Waals surface area contributed by atoms with Gasteiger partial charge in [-0.05, 0) is 36.4 Å². The lowest BCUT2D eigenvalue weighted by Crippen LogP contribution is -2.45. The van der Waals surface area contributed by atoms with Crippen molar-refractivity contribution in [3.8, 4) is 0 Å². The summed E-state index contributed by atoms with van der Waals surface area (Å²) in [6.45, 7) is 4.00. The topological polar surface area (TPSA) is 57.7 Å². The van der Waals surface area contributed by atoms with Crippen LogP contribution in [0.15, 0.2) is 48.5 Å². The van der Waals surface area contributed by atoms with E-state index in [1.807, 2.05) is 13.8 Å². The van der Waals surface area contributed by atoms with E-state index in [2.05, 4.69) is 0 Å². The number of urea groups is 1. The summed E-state index contributed by atoms with van der Waals surface area (Å²) in [7, 11) is 1.48. The highest BCUT2D eigenvalue weighted by Gasteiger charge is 2.27. The Morgan fingerprint density at radius 2 is 1.40 bits per heavy atom. The Bertz CT molecular complexity index is 765. The van der Waals surface area contributed by atoms with Crippen LogP contribution in [0.2, 0.25) is 10.0 Å². The van der Waals surface area contributed by atoms with Gasteiger partial charge in [0.25, 0.3) is 5.91 Å². The average molecular weight is 381 g/mol. The fraction of sp³-hybridized carbons (Fsp3) is 0.167. The van der Waals surface area contributed by atoms with Crippen LogP contribution in [0.3, 0.4) is 0 Å². The van der Waals surface area contributed by atoms with Crippen LogP contribution in [0.5, 0.6) is 0 Å². The van der Waals surface area contributed by atoms with E-state index in [-0.39, 0.29) is 12.0 Å². The van der Waals surface area contributed by atoms with Crippen LogP contribution < -0.4 is 9.80 Å². The highest BCUT2D eigenvalue weighted by atomic mass is 35.5. The van der Waals surface area contributed by atoms with Gasteiger partial charge >= 0.3 is 6.03 Å². The maximum atomic E-state index is 12.7. The minimum absolute atomic E-state index is 0.0740. The third kappa shape index (κ3) is 5.31. The first-order chi connectivity index (χ1) is 11.9. The molecule has 0 aliphatic heterocycles. The lowest BCUT2D eigenvalue weighted by molar-refractivity contribution is -0.129. The summed E-state index contributed by atoms with van der Waals surface area (Å²) >= 11 is 11.8. The van der Waals surface area contributed by atoms with Gasteiger partial charge in [0.05, 0.1) is 5.69 Å². The zero-order valence-corrected chi connectivity index (χ0v) is 15.6. The number of rotatable bonds is 3. The van der Waals surface area contributed by atoms with Crippen molar-refractivity contribution in [3.05, 3.63) is 58.6 Å². The molecule has 0 radical (unpaired) electrons. The molecule has 2 aromatic rings. The molecule has 0 bridgehead atoms. The van der Waals surface area contributed by atoms with E-state index in [9.17, 15) is 14.4 Å². The minimum atomic E-state index is -0.994. The summed E-state index contributed by atoms with van der Waals surface area (Å²) < 4.78 is 0. The third-order valence-electron chi connectivity index (χ3n) is 3.06. The van der Waals surface area contributed by atoms with Gasteiger partial charge in [-0.1, -0.05) is 49.2 Å². The first-order valence-corrected chi connectivity index (χ1v) is 8.27. The summed E-state index contributed by atoms with van der Waals surface area (Å²) in [5.74, 6) is -0.994. The van der Waals surface area contributed by atoms with E-state index in [1.54, 1.807) is 36.4 Å². The molecule has 5 nitrogen and oxygen atoms in total. The van der Waals surface area contributed by atoms with Crippen molar-refractivity contribution in [2.45, 2.75) is 13.8 Å². The van der Waals surface area contributed by atoms with Gasteiger partial charge in [0.2, 0.25) is 6.29 Å². The second-order valence-corrected chi connectivity index (χ2v) is 5.47. The van der Waals surface area contributed by atoms with Crippen molar-refractivity contribution in [3.63, 3.8) is 0 Å². The molecule has 0 saturated heterocycles. The highest BCUT2D eigenvalue weighted by molar-refractivity contribution is 6.39. The lowest BCUT2D eigenvalue weighted by atomic mass is 10.2. The molecule has 0 spiro atoms. The molecule has 0 saturated carbocycles. The van der Waals surface area contributed by atoms with E-state index in [1.165, 1.54) is 24.1 Å². The molecule has 0 aromatic heterocycles. The molecule has 0 aliphatic rings. The molecule has 0 atom stereocenters. The molecule has 7 heteroatoms. The standard InChI is InChI=1S/C16H12Cl2N2O3.C2H6/c1-19(13-6-2-4-11(17)8-13)16(23)20(15(22)10-21)14-7-3-5-12(18)9-14;1-2/h2-10H,1H3;1-2H3. The zero-order chi connectivity index (χ0) is 19.0. The van der Waals surface area contributed by atoms with Gasteiger partial charge in [-0.25, -0.2) is 9.69 Å². The molecular formula is C18H18Cl2N2O3. The maximum absolute atomic E-state index is 12.7. The number of anilines is 2. The van der Waals surface area contributed by atoms with Gasteiger partial charge in [-0.3, -0.25) is 14.5 Å². The Balaban J connectivity index is 0.00000151. The molecule has 25 heavy (non-hydrogen) atoms. The molecule has 0 aliphatic carbocycles. The number of imide groups is 1. The second-order valence-electron chi connectivity index (χ2n) is 4.59. The van der Waals surface area contributed by atoms with Crippen LogP contribution in [0.4, 0.5) is 16.2 Å². The highest BCUT2D eigenvalue weighted by Crippen LogP contribution is 2.24. The van der Waals surface area contributed by atoms with Crippen LogP contribution in [0.25, 0.3) is 0 Å². The van der Waals surface area contributed by atoms with E-state index in [4.69, 9.17) is 23.2 Å². The third-order valence-corrected chi connectivity index (χ3v) is 3.53. The number of carbonyl (C=O) groups excluding carboxylic acids is 3. The number of benzene rings is 2. The quantitative estimate of drug-likeness (QED) is 0.567. The molecule has 2 aromatic carbocycles. The Kier molecular flexibility index (Phi) is 8.11. The van der Waals surface area contributed by atoms with Crippen molar-refractivity contribution < 1.29 is 14.4 Å². The van der Waals surface area contributed by atoms with E-state index in [0.29, 0.717) is 15.7 Å². The maximum Gasteiger partial charge on any atom is 0.335 e. The largest absolute Gasteiger partial charge is 0.335 e.